The summed E-state index contributed by atoms with van der Waals surface area (Å²) in [6, 6.07) is 15.7. The standard InChI is InChI=1S/C18H20BrNO2S/c1-3-22-14-8-10-15(11-9-14)23-12-18(21)20-13(2)16-6-4-5-7-17(16)19/h4-11,13H,3,12H2,1-2H3,(H,20,21)/t13-/m0/s1. The molecule has 0 fully saturated rings. The van der Waals surface area contributed by atoms with Crippen molar-refractivity contribution in [3.05, 3.63) is 58.6 Å². The van der Waals surface area contributed by atoms with E-state index in [1.807, 2.05) is 62.4 Å². The van der Waals surface area contributed by atoms with E-state index in [9.17, 15) is 4.79 Å². The van der Waals surface area contributed by atoms with Crippen LogP contribution in [0, 0.1) is 0 Å². The van der Waals surface area contributed by atoms with Crippen molar-refractivity contribution in [2.24, 2.45) is 0 Å². The molecule has 5 heteroatoms. The van der Waals surface area contributed by atoms with Crippen LogP contribution in [0.3, 0.4) is 0 Å². The summed E-state index contributed by atoms with van der Waals surface area (Å²) in [7, 11) is 0. The maximum absolute atomic E-state index is 12.1. The lowest BCUT2D eigenvalue weighted by atomic mass is 10.1. The molecular formula is C18H20BrNO2S. The number of thioether (sulfide) groups is 1. The normalized spacial score (nSPS) is 11.8. The molecule has 0 aliphatic heterocycles. The Bertz CT molecular complexity index is 646. The van der Waals surface area contributed by atoms with Crippen LogP contribution in [-0.2, 0) is 4.79 Å². The van der Waals surface area contributed by atoms with Crippen molar-refractivity contribution < 1.29 is 9.53 Å². The first-order valence-corrected chi connectivity index (χ1v) is 9.27. The highest BCUT2D eigenvalue weighted by Gasteiger charge is 2.12. The van der Waals surface area contributed by atoms with Gasteiger partial charge in [0.1, 0.15) is 5.75 Å². The highest BCUT2D eigenvalue weighted by molar-refractivity contribution is 9.10. The number of rotatable bonds is 7. The number of amides is 1. The number of ether oxygens (including phenoxy) is 1. The van der Waals surface area contributed by atoms with Gasteiger partial charge in [0, 0.05) is 9.37 Å². The number of halogens is 1. The van der Waals surface area contributed by atoms with Gasteiger partial charge in [0.15, 0.2) is 0 Å². The Kier molecular flexibility index (Phi) is 6.99. The highest BCUT2D eigenvalue weighted by atomic mass is 79.9. The molecule has 0 saturated carbocycles. The minimum atomic E-state index is -0.0287. The Balaban J connectivity index is 1.84. The van der Waals surface area contributed by atoms with E-state index in [0.29, 0.717) is 12.4 Å². The second-order valence-corrected chi connectivity index (χ2v) is 6.91. The largest absolute Gasteiger partial charge is 0.494 e. The number of nitrogens with one attached hydrogen (secondary N) is 1. The van der Waals surface area contributed by atoms with E-state index in [2.05, 4.69) is 21.2 Å². The molecule has 1 N–H and O–H groups in total. The second kappa shape index (κ2) is 8.99. The van der Waals surface area contributed by atoms with E-state index in [1.54, 1.807) is 0 Å². The van der Waals surface area contributed by atoms with Crippen molar-refractivity contribution in [1.29, 1.82) is 0 Å². The van der Waals surface area contributed by atoms with Crippen molar-refractivity contribution in [1.82, 2.24) is 5.32 Å². The highest BCUT2D eigenvalue weighted by Crippen LogP contribution is 2.24. The predicted molar refractivity (Wildman–Crippen MR) is 99.0 cm³/mol. The van der Waals surface area contributed by atoms with Crippen molar-refractivity contribution in [2.45, 2.75) is 24.8 Å². The molecule has 1 amide bonds. The van der Waals surface area contributed by atoms with Gasteiger partial charge in [-0.2, -0.15) is 0 Å². The summed E-state index contributed by atoms with van der Waals surface area (Å²) in [5.74, 6) is 1.26. The third kappa shape index (κ3) is 5.59. The zero-order chi connectivity index (χ0) is 16.7. The first kappa shape index (κ1) is 17.9. The first-order valence-electron chi connectivity index (χ1n) is 7.49. The van der Waals surface area contributed by atoms with E-state index in [-0.39, 0.29) is 11.9 Å². The Morgan fingerprint density at radius 2 is 1.91 bits per heavy atom. The fraction of sp³-hybridized carbons (Fsp3) is 0.278. The van der Waals surface area contributed by atoms with Gasteiger partial charge < -0.3 is 10.1 Å². The molecule has 23 heavy (non-hydrogen) atoms. The third-order valence-corrected chi connectivity index (χ3v) is 4.99. The lowest BCUT2D eigenvalue weighted by Gasteiger charge is -2.15. The van der Waals surface area contributed by atoms with Crippen molar-refractivity contribution in [3.63, 3.8) is 0 Å². The number of hydrogen-bond donors (Lipinski definition) is 1. The summed E-state index contributed by atoms with van der Waals surface area (Å²) in [6.45, 7) is 4.60. The van der Waals surface area contributed by atoms with Crippen LogP contribution in [0.2, 0.25) is 0 Å². The zero-order valence-corrected chi connectivity index (χ0v) is 15.6. The topological polar surface area (TPSA) is 38.3 Å². The fourth-order valence-corrected chi connectivity index (χ4v) is 3.47. The molecule has 122 valence electrons. The molecule has 0 heterocycles. The van der Waals surface area contributed by atoms with Crippen molar-refractivity contribution in [3.8, 4) is 5.75 Å². The van der Waals surface area contributed by atoms with Gasteiger partial charge in [0.2, 0.25) is 5.91 Å². The summed E-state index contributed by atoms with van der Waals surface area (Å²) >= 11 is 5.03. The van der Waals surface area contributed by atoms with Crippen LogP contribution in [0.1, 0.15) is 25.5 Å². The van der Waals surface area contributed by atoms with Crippen molar-refractivity contribution in [2.75, 3.05) is 12.4 Å². The summed E-state index contributed by atoms with van der Waals surface area (Å²) in [4.78, 5) is 13.2. The van der Waals surface area contributed by atoms with Crippen LogP contribution in [0.15, 0.2) is 57.9 Å². The fourth-order valence-electron chi connectivity index (χ4n) is 2.13. The quantitative estimate of drug-likeness (QED) is 0.685. The Morgan fingerprint density at radius 1 is 1.22 bits per heavy atom. The molecule has 0 saturated heterocycles. The number of benzene rings is 2. The van der Waals surface area contributed by atoms with Gasteiger partial charge in [-0.1, -0.05) is 34.1 Å². The van der Waals surface area contributed by atoms with Gasteiger partial charge in [-0.05, 0) is 49.7 Å². The van der Waals surface area contributed by atoms with Gasteiger partial charge in [0.05, 0.1) is 18.4 Å². The first-order chi connectivity index (χ1) is 11.1. The molecule has 0 spiro atoms. The Morgan fingerprint density at radius 3 is 2.57 bits per heavy atom. The SMILES string of the molecule is CCOc1ccc(SCC(=O)N[C@@H](C)c2ccccc2Br)cc1. The smallest absolute Gasteiger partial charge is 0.230 e. The molecule has 0 radical (unpaired) electrons. The average Bonchev–Trinajstić information content (AvgIpc) is 2.55. The maximum Gasteiger partial charge on any atom is 0.230 e. The minimum Gasteiger partial charge on any atom is -0.494 e. The molecule has 2 rings (SSSR count). The summed E-state index contributed by atoms with van der Waals surface area (Å²) in [5.41, 5.74) is 1.08. The van der Waals surface area contributed by atoms with Crippen LogP contribution in [0.25, 0.3) is 0 Å². The summed E-state index contributed by atoms with van der Waals surface area (Å²) in [5, 5.41) is 3.02. The van der Waals surface area contributed by atoms with E-state index < -0.39 is 0 Å². The lowest BCUT2D eigenvalue weighted by molar-refractivity contribution is -0.119. The monoisotopic (exact) mass is 393 g/mol. The third-order valence-electron chi connectivity index (χ3n) is 3.25. The summed E-state index contributed by atoms with van der Waals surface area (Å²) in [6.07, 6.45) is 0. The Labute approximate surface area is 149 Å². The van der Waals surface area contributed by atoms with Gasteiger partial charge >= 0.3 is 0 Å². The molecule has 0 aliphatic carbocycles. The summed E-state index contributed by atoms with van der Waals surface area (Å²) < 4.78 is 6.41. The van der Waals surface area contributed by atoms with Crippen LogP contribution in [0.5, 0.6) is 5.75 Å². The predicted octanol–water partition coefficient (Wildman–Crippen LogP) is 4.82. The maximum atomic E-state index is 12.1. The van der Waals surface area contributed by atoms with Gasteiger partial charge in [-0.3, -0.25) is 4.79 Å². The number of carbonyl (C=O) groups excluding carboxylic acids is 1. The van der Waals surface area contributed by atoms with Crippen molar-refractivity contribution >= 4 is 33.6 Å². The molecule has 0 aliphatic rings. The number of hydrogen-bond acceptors (Lipinski definition) is 3. The van der Waals surface area contributed by atoms with E-state index in [1.165, 1.54) is 11.8 Å². The molecule has 1 atom stereocenters. The molecule has 0 unspecified atom stereocenters. The molecule has 2 aromatic carbocycles. The van der Waals surface area contributed by atoms with Gasteiger partial charge in [-0.25, -0.2) is 0 Å². The van der Waals surface area contributed by atoms with Crippen LogP contribution in [0.4, 0.5) is 0 Å². The van der Waals surface area contributed by atoms with E-state index >= 15 is 0 Å². The molecule has 2 aromatic rings. The van der Waals surface area contributed by atoms with Crippen LogP contribution < -0.4 is 10.1 Å². The average molecular weight is 394 g/mol. The molecule has 0 bridgehead atoms. The van der Waals surface area contributed by atoms with Gasteiger partial charge in [-0.15, -0.1) is 11.8 Å². The van der Waals surface area contributed by atoms with E-state index in [0.717, 1.165) is 20.7 Å². The van der Waals surface area contributed by atoms with Crippen LogP contribution in [-0.4, -0.2) is 18.3 Å². The lowest BCUT2D eigenvalue weighted by Crippen LogP contribution is -2.28. The minimum absolute atomic E-state index is 0.0205. The van der Waals surface area contributed by atoms with Crippen LogP contribution >= 0.6 is 27.7 Å². The van der Waals surface area contributed by atoms with E-state index in [4.69, 9.17) is 4.74 Å². The Hall–Kier alpha value is -1.46. The zero-order valence-electron chi connectivity index (χ0n) is 13.2. The molecule has 0 aromatic heterocycles. The molecular weight excluding hydrogens is 374 g/mol. The molecule has 3 nitrogen and oxygen atoms in total. The number of carbonyl (C=O) groups is 1. The second-order valence-electron chi connectivity index (χ2n) is 5.00. The van der Waals surface area contributed by atoms with Gasteiger partial charge in [0.25, 0.3) is 0 Å².